The Morgan fingerprint density at radius 3 is 2.19 bits per heavy atom. The van der Waals surface area contributed by atoms with Gasteiger partial charge in [0.05, 0.1) is 30.1 Å². The van der Waals surface area contributed by atoms with Crippen molar-refractivity contribution >= 4 is 23.4 Å². The monoisotopic (exact) mass is 569 g/mol. The molecule has 1 N–H and O–H groups in total. The van der Waals surface area contributed by atoms with Crippen molar-refractivity contribution in [2.24, 2.45) is 11.8 Å². The second kappa shape index (κ2) is 10.8. The summed E-state index contributed by atoms with van der Waals surface area (Å²) in [4.78, 5) is 48.9. The summed E-state index contributed by atoms with van der Waals surface area (Å²) in [7, 11) is 0. The van der Waals surface area contributed by atoms with E-state index in [9.17, 15) is 19.5 Å². The number of nitrogens with zero attached hydrogens (tertiary/aromatic N) is 3. The first kappa shape index (κ1) is 28.4. The lowest BCUT2D eigenvalue weighted by molar-refractivity contribution is -0.156. The molecule has 42 heavy (non-hydrogen) atoms. The zero-order valence-corrected chi connectivity index (χ0v) is 24.4. The number of benzene rings is 2. The molecule has 2 aromatic carbocycles. The SMILES string of the molecule is CC[C@]12C=CCN(c3ccccc3)C(=O)[C@H]1[C@H]1C(=O)N([C@@H](CO)Cc3ccccc3)C3C(=O)N(C(C)C)CC=C[C@@]31O2. The summed E-state index contributed by atoms with van der Waals surface area (Å²) in [5.41, 5.74) is -0.728. The Hall–Kier alpha value is -3.75. The largest absolute Gasteiger partial charge is 0.394 e. The number of likely N-dealkylation sites (tertiary alicyclic amines) is 1. The first-order chi connectivity index (χ1) is 20.3. The standard InChI is InChI=1S/C34H39N3O5/c1-4-33-17-11-20-36(25-15-9-6-10-16-25)30(39)27(33)28-31(40)37(26(22-38)21-24-13-7-5-8-14-24)29-32(41)35(23(2)3)19-12-18-34(28,29)42-33/h5-18,23,26-29,38H,4,19-22H2,1-3H3/t26-,27-,28+,29?,33+,34+/m1/s1. The van der Waals surface area contributed by atoms with Crippen molar-refractivity contribution in [2.75, 3.05) is 24.6 Å². The summed E-state index contributed by atoms with van der Waals surface area (Å²) in [5, 5.41) is 10.7. The summed E-state index contributed by atoms with van der Waals surface area (Å²) in [6.07, 6.45) is 8.50. The number of amides is 3. The van der Waals surface area contributed by atoms with Crippen molar-refractivity contribution in [1.82, 2.24) is 9.80 Å². The van der Waals surface area contributed by atoms with Crippen molar-refractivity contribution in [2.45, 2.75) is 62.9 Å². The van der Waals surface area contributed by atoms with Gasteiger partial charge in [-0.05, 0) is 44.4 Å². The molecule has 4 aliphatic heterocycles. The quantitative estimate of drug-likeness (QED) is 0.517. The van der Waals surface area contributed by atoms with Gasteiger partial charge in [-0.2, -0.15) is 0 Å². The van der Waals surface area contributed by atoms with E-state index >= 15 is 0 Å². The number of para-hydroxylation sites is 1. The third kappa shape index (κ3) is 4.23. The van der Waals surface area contributed by atoms with Gasteiger partial charge < -0.3 is 24.5 Å². The van der Waals surface area contributed by atoms with Crippen LogP contribution in [0.25, 0.3) is 0 Å². The number of hydrogen-bond acceptors (Lipinski definition) is 5. The molecule has 4 aliphatic rings. The highest BCUT2D eigenvalue weighted by atomic mass is 16.5. The van der Waals surface area contributed by atoms with Crippen LogP contribution in [0.4, 0.5) is 5.69 Å². The van der Waals surface area contributed by atoms with Crippen LogP contribution in [-0.2, 0) is 25.5 Å². The summed E-state index contributed by atoms with van der Waals surface area (Å²) < 4.78 is 7.06. The molecule has 220 valence electrons. The number of rotatable bonds is 7. The van der Waals surface area contributed by atoms with E-state index in [1.807, 2.05) is 106 Å². The average Bonchev–Trinajstić information content (AvgIpc) is 3.29. The van der Waals surface area contributed by atoms with Crippen LogP contribution < -0.4 is 4.90 Å². The van der Waals surface area contributed by atoms with E-state index in [-0.39, 0.29) is 30.4 Å². The van der Waals surface area contributed by atoms with Crippen LogP contribution in [-0.4, -0.2) is 81.7 Å². The lowest BCUT2D eigenvalue weighted by atomic mass is 9.73. The summed E-state index contributed by atoms with van der Waals surface area (Å²) in [6.45, 7) is 6.27. The molecule has 2 aromatic rings. The van der Waals surface area contributed by atoms with Crippen LogP contribution in [0.1, 0.15) is 32.8 Å². The fourth-order valence-electron chi connectivity index (χ4n) is 7.55. The molecule has 6 rings (SSSR count). The van der Waals surface area contributed by atoms with Crippen molar-refractivity contribution in [1.29, 1.82) is 0 Å². The smallest absolute Gasteiger partial charge is 0.249 e. The number of ether oxygens (including phenoxy) is 1. The summed E-state index contributed by atoms with van der Waals surface area (Å²) in [6, 6.07) is 17.3. The molecule has 0 saturated carbocycles. The normalized spacial score (nSPS) is 31.2. The zero-order chi connectivity index (χ0) is 29.6. The Bertz CT molecular complexity index is 1410. The first-order valence-corrected chi connectivity index (χ1v) is 15.0. The van der Waals surface area contributed by atoms with Gasteiger partial charge in [0.15, 0.2) is 0 Å². The number of carbonyl (C=O) groups excluding carboxylic acids is 3. The molecule has 8 heteroatoms. The molecule has 2 saturated heterocycles. The van der Waals surface area contributed by atoms with Crippen molar-refractivity contribution < 1.29 is 24.2 Å². The Morgan fingerprint density at radius 2 is 1.55 bits per heavy atom. The minimum absolute atomic E-state index is 0.114. The second-order valence-electron chi connectivity index (χ2n) is 12.1. The molecule has 1 unspecified atom stereocenters. The fraction of sp³-hybridized carbons (Fsp3) is 0.441. The van der Waals surface area contributed by atoms with Crippen molar-refractivity contribution in [3.63, 3.8) is 0 Å². The second-order valence-corrected chi connectivity index (χ2v) is 12.1. The van der Waals surface area contributed by atoms with Crippen LogP contribution in [0.3, 0.4) is 0 Å². The predicted octanol–water partition coefficient (Wildman–Crippen LogP) is 3.36. The van der Waals surface area contributed by atoms with E-state index in [2.05, 4.69) is 0 Å². The molecular weight excluding hydrogens is 530 g/mol. The fourth-order valence-corrected chi connectivity index (χ4v) is 7.55. The van der Waals surface area contributed by atoms with Gasteiger partial charge in [0.2, 0.25) is 17.7 Å². The van der Waals surface area contributed by atoms with Crippen LogP contribution >= 0.6 is 0 Å². The Labute approximate surface area is 247 Å². The van der Waals surface area contributed by atoms with E-state index in [1.54, 1.807) is 14.7 Å². The Morgan fingerprint density at radius 1 is 0.881 bits per heavy atom. The third-order valence-electron chi connectivity index (χ3n) is 9.52. The molecule has 2 fully saturated rings. The van der Waals surface area contributed by atoms with E-state index in [1.165, 1.54) is 0 Å². The van der Waals surface area contributed by atoms with Gasteiger partial charge in [0.1, 0.15) is 11.6 Å². The molecule has 0 aliphatic carbocycles. The molecule has 3 amide bonds. The molecule has 4 heterocycles. The van der Waals surface area contributed by atoms with Crippen LogP contribution in [0.15, 0.2) is 85.0 Å². The average molecular weight is 570 g/mol. The predicted molar refractivity (Wildman–Crippen MR) is 159 cm³/mol. The minimum Gasteiger partial charge on any atom is -0.394 e. The summed E-state index contributed by atoms with van der Waals surface area (Å²) in [5.74, 6) is -2.52. The Balaban J connectivity index is 1.51. The summed E-state index contributed by atoms with van der Waals surface area (Å²) >= 11 is 0. The highest BCUT2D eigenvalue weighted by Crippen LogP contribution is 2.59. The van der Waals surface area contributed by atoms with Gasteiger partial charge in [-0.1, -0.05) is 79.8 Å². The molecule has 1 spiro atoms. The van der Waals surface area contributed by atoms with Gasteiger partial charge >= 0.3 is 0 Å². The highest BCUT2D eigenvalue weighted by Gasteiger charge is 2.76. The van der Waals surface area contributed by atoms with Crippen molar-refractivity contribution in [3.8, 4) is 0 Å². The maximum atomic E-state index is 14.8. The lowest BCUT2D eigenvalue weighted by Crippen LogP contribution is -2.60. The number of carbonyl (C=O) groups is 3. The first-order valence-electron chi connectivity index (χ1n) is 15.0. The van der Waals surface area contributed by atoms with Crippen LogP contribution in [0.5, 0.6) is 0 Å². The topological polar surface area (TPSA) is 90.4 Å². The molecule has 0 aromatic heterocycles. The molecule has 0 bridgehead atoms. The lowest BCUT2D eigenvalue weighted by Gasteiger charge is -2.41. The van der Waals surface area contributed by atoms with E-state index in [4.69, 9.17) is 4.74 Å². The van der Waals surface area contributed by atoms with Crippen LogP contribution in [0, 0.1) is 11.8 Å². The number of aliphatic hydroxyl groups excluding tert-OH is 1. The Kier molecular flexibility index (Phi) is 7.31. The van der Waals surface area contributed by atoms with Gasteiger partial charge in [-0.15, -0.1) is 0 Å². The van der Waals surface area contributed by atoms with Crippen molar-refractivity contribution in [3.05, 3.63) is 90.5 Å². The van der Waals surface area contributed by atoms with Gasteiger partial charge in [-0.25, -0.2) is 0 Å². The maximum Gasteiger partial charge on any atom is 0.249 e. The zero-order valence-electron chi connectivity index (χ0n) is 24.4. The highest BCUT2D eigenvalue weighted by molar-refractivity contribution is 6.04. The van der Waals surface area contributed by atoms with E-state index < -0.39 is 35.1 Å². The minimum atomic E-state index is -1.36. The number of anilines is 1. The molecular formula is C34H39N3O5. The van der Waals surface area contributed by atoms with E-state index in [0.717, 1.165) is 11.3 Å². The molecule has 8 nitrogen and oxygen atoms in total. The van der Waals surface area contributed by atoms with E-state index in [0.29, 0.717) is 25.9 Å². The van der Waals surface area contributed by atoms with Gasteiger partial charge in [0.25, 0.3) is 0 Å². The van der Waals surface area contributed by atoms with Gasteiger partial charge in [0, 0.05) is 24.8 Å². The van der Waals surface area contributed by atoms with Crippen LogP contribution in [0.2, 0.25) is 0 Å². The number of aliphatic hydroxyl groups is 1. The molecule has 6 atom stereocenters. The van der Waals surface area contributed by atoms with Gasteiger partial charge in [-0.3, -0.25) is 14.4 Å². The maximum absolute atomic E-state index is 14.8. The third-order valence-corrected chi connectivity index (χ3v) is 9.52. The molecule has 0 radical (unpaired) electrons. The number of hydrogen-bond donors (Lipinski definition) is 1. The number of fused-ring (bicyclic) bond motifs is 2.